The van der Waals surface area contributed by atoms with Gasteiger partial charge < -0.3 is 5.32 Å². The Morgan fingerprint density at radius 1 is 1.45 bits per heavy atom. The third-order valence-corrected chi connectivity index (χ3v) is 3.23. The van der Waals surface area contributed by atoms with Crippen LogP contribution in [0, 0.1) is 11.6 Å². The van der Waals surface area contributed by atoms with E-state index >= 15 is 0 Å². The Labute approximate surface area is 113 Å². The SMILES string of the molecule is C[C@@H](NC(=O)[C@H]1CC(F)(F)CN1)c1cccc(F)c1F. The largest absolute Gasteiger partial charge is 0.348 e. The molecule has 1 amide bonds. The summed E-state index contributed by atoms with van der Waals surface area (Å²) in [5.74, 6) is -5.65. The third kappa shape index (κ3) is 3.09. The third-order valence-electron chi connectivity index (χ3n) is 3.23. The van der Waals surface area contributed by atoms with Crippen molar-refractivity contribution in [2.45, 2.75) is 31.4 Å². The zero-order valence-electron chi connectivity index (χ0n) is 10.7. The van der Waals surface area contributed by atoms with E-state index in [1.165, 1.54) is 19.1 Å². The van der Waals surface area contributed by atoms with Crippen molar-refractivity contribution in [2.24, 2.45) is 0 Å². The lowest BCUT2D eigenvalue weighted by Gasteiger charge is -2.18. The van der Waals surface area contributed by atoms with Crippen LogP contribution in [0.4, 0.5) is 17.6 Å². The first-order valence-corrected chi connectivity index (χ1v) is 6.16. The van der Waals surface area contributed by atoms with Crippen molar-refractivity contribution >= 4 is 5.91 Å². The van der Waals surface area contributed by atoms with Gasteiger partial charge >= 0.3 is 0 Å². The molecule has 3 nitrogen and oxygen atoms in total. The van der Waals surface area contributed by atoms with Crippen LogP contribution in [-0.4, -0.2) is 24.4 Å². The Balaban J connectivity index is 2.03. The van der Waals surface area contributed by atoms with E-state index in [1.807, 2.05) is 0 Å². The highest BCUT2D eigenvalue weighted by molar-refractivity contribution is 5.82. The number of benzene rings is 1. The molecule has 1 fully saturated rings. The van der Waals surface area contributed by atoms with Crippen LogP contribution in [0.25, 0.3) is 0 Å². The molecule has 20 heavy (non-hydrogen) atoms. The highest BCUT2D eigenvalue weighted by atomic mass is 19.3. The van der Waals surface area contributed by atoms with E-state index < -0.39 is 48.5 Å². The average molecular weight is 290 g/mol. The highest BCUT2D eigenvalue weighted by Gasteiger charge is 2.42. The van der Waals surface area contributed by atoms with Gasteiger partial charge in [0.05, 0.1) is 18.6 Å². The van der Waals surface area contributed by atoms with E-state index in [2.05, 4.69) is 10.6 Å². The zero-order valence-corrected chi connectivity index (χ0v) is 10.7. The van der Waals surface area contributed by atoms with Crippen LogP contribution in [0.2, 0.25) is 0 Å². The van der Waals surface area contributed by atoms with Crippen molar-refractivity contribution in [3.63, 3.8) is 0 Å². The minimum absolute atomic E-state index is 0.0249. The Hall–Kier alpha value is -1.63. The van der Waals surface area contributed by atoms with Crippen LogP contribution in [0.15, 0.2) is 18.2 Å². The molecule has 0 radical (unpaired) electrons. The Morgan fingerprint density at radius 3 is 2.75 bits per heavy atom. The molecule has 1 heterocycles. The lowest BCUT2D eigenvalue weighted by molar-refractivity contribution is -0.124. The fourth-order valence-electron chi connectivity index (χ4n) is 2.15. The molecule has 0 spiro atoms. The molecular formula is C13H14F4N2O. The Kier molecular flexibility index (Phi) is 3.99. The van der Waals surface area contributed by atoms with Gasteiger partial charge in [-0.3, -0.25) is 10.1 Å². The van der Waals surface area contributed by atoms with Gasteiger partial charge in [-0.15, -0.1) is 0 Å². The molecule has 2 N–H and O–H groups in total. The molecule has 0 aliphatic carbocycles. The number of rotatable bonds is 3. The number of nitrogens with one attached hydrogen (secondary N) is 2. The molecule has 7 heteroatoms. The van der Waals surface area contributed by atoms with Crippen LogP contribution in [-0.2, 0) is 4.79 Å². The van der Waals surface area contributed by atoms with Gasteiger partial charge in [-0.1, -0.05) is 12.1 Å². The molecule has 2 rings (SSSR count). The first-order chi connectivity index (χ1) is 9.30. The van der Waals surface area contributed by atoms with E-state index in [1.54, 1.807) is 0 Å². The maximum Gasteiger partial charge on any atom is 0.262 e. The molecule has 1 aliphatic heterocycles. The monoisotopic (exact) mass is 290 g/mol. The minimum atomic E-state index is -2.92. The zero-order chi connectivity index (χ0) is 14.9. The Morgan fingerprint density at radius 2 is 2.15 bits per heavy atom. The smallest absolute Gasteiger partial charge is 0.262 e. The average Bonchev–Trinajstić information content (AvgIpc) is 2.73. The van der Waals surface area contributed by atoms with Gasteiger partial charge in [-0.05, 0) is 13.0 Å². The van der Waals surface area contributed by atoms with Crippen molar-refractivity contribution in [1.29, 1.82) is 0 Å². The van der Waals surface area contributed by atoms with E-state index in [0.717, 1.165) is 6.07 Å². The minimum Gasteiger partial charge on any atom is -0.348 e. The van der Waals surface area contributed by atoms with Gasteiger partial charge in [-0.2, -0.15) is 0 Å². The van der Waals surface area contributed by atoms with Crippen molar-refractivity contribution in [1.82, 2.24) is 10.6 Å². The van der Waals surface area contributed by atoms with Crippen LogP contribution in [0.1, 0.15) is 24.9 Å². The first-order valence-electron chi connectivity index (χ1n) is 6.16. The fraction of sp³-hybridized carbons (Fsp3) is 0.462. The van der Waals surface area contributed by atoms with Crippen LogP contribution in [0.5, 0.6) is 0 Å². The topological polar surface area (TPSA) is 41.1 Å². The summed E-state index contributed by atoms with van der Waals surface area (Å²) in [4.78, 5) is 11.8. The molecule has 0 bridgehead atoms. The Bertz CT molecular complexity index is 521. The molecule has 1 saturated heterocycles. The van der Waals surface area contributed by atoms with Crippen molar-refractivity contribution in [3.8, 4) is 0 Å². The number of hydrogen-bond acceptors (Lipinski definition) is 2. The summed E-state index contributed by atoms with van der Waals surface area (Å²) in [6.45, 7) is 0.899. The van der Waals surface area contributed by atoms with Gasteiger partial charge in [-0.25, -0.2) is 17.6 Å². The maximum atomic E-state index is 13.5. The number of carbonyl (C=O) groups excluding carboxylic acids is 1. The van der Waals surface area contributed by atoms with E-state index in [9.17, 15) is 22.4 Å². The van der Waals surface area contributed by atoms with E-state index in [4.69, 9.17) is 0 Å². The number of carbonyl (C=O) groups is 1. The summed E-state index contributed by atoms with van der Waals surface area (Å²) in [5.41, 5.74) is -0.0249. The summed E-state index contributed by atoms with van der Waals surface area (Å²) in [6, 6.07) is 1.78. The second-order valence-corrected chi connectivity index (χ2v) is 4.87. The summed E-state index contributed by atoms with van der Waals surface area (Å²) in [6.07, 6.45) is -0.600. The summed E-state index contributed by atoms with van der Waals surface area (Å²) >= 11 is 0. The second-order valence-electron chi connectivity index (χ2n) is 4.87. The van der Waals surface area contributed by atoms with Crippen LogP contribution >= 0.6 is 0 Å². The molecule has 0 aromatic heterocycles. The molecule has 0 saturated carbocycles. The molecule has 2 atom stereocenters. The summed E-state index contributed by atoms with van der Waals surface area (Å²) in [7, 11) is 0. The van der Waals surface area contributed by atoms with Gasteiger partial charge in [0.25, 0.3) is 5.92 Å². The van der Waals surface area contributed by atoms with Crippen molar-refractivity contribution in [2.75, 3.05) is 6.54 Å². The normalized spacial score (nSPS) is 22.6. The van der Waals surface area contributed by atoms with Crippen LogP contribution in [0.3, 0.4) is 0 Å². The van der Waals surface area contributed by atoms with E-state index in [-0.39, 0.29) is 5.56 Å². The summed E-state index contributed by atoms with van der Waals surface area (Å²) in [5, 5.41) is 4.80. The molecular weight excluding hydrogens is 276 g/mol. The highest BCUT2D eigenvalue weighted by Crippen LogP contribution is 2.26. The first kappa shape index (κ1) is 14.8. The van der Waals surface area contributed by atoms with Crippen LogP contribution < -0.4 is 10.6 Å². The molecule has 1 aromatic carbocycles. The molecule has 1 aliphatic rings. The second kappa shape index (κ2) is 5.40. The lowest BCUT2D eigenvalue weighted by Crippen LogP contribution is -2.41. The fourth-order valence-corrected chi connectivity index (χ4v) is 2.15. The molecule has 0 unspecified atom stereocenters. The van der Waals surface area contributed by atoms with Crippen molar-refractivity contribution < 1.29 is 22.4 Å². The quantitative estimate of drug-likeness (QED) is 0.837. The van der Waals surface area contributed by atoms with Gasteiger partial charge in [0, 0.05) is 12.0 Å². The number of amides is 1. The molecule has 110 valence electrons. The standard InChI is InChI=1S/C13H14F4N2O/c1-7(8-3-2-4-9(14)11(8)15)19-12(20)10-5-13(16,17)6-18-10/h2-4,7,10,18H,5-6H2,1H3,(H,19,20)/t7-,10-/m1/s1. The van der Waals surface area contributed by atoms with Gasteiger partial charge in [0.2, 0.25) is 5.91 Å². The van der Waals surface area contributed by atoms with Crippen molar-refractivity contribution in [3.05, 3.63) is 35.4 Å². The number of halogens is 4. The van der Waals surface area contributed by atoms with E-state index in [0.29, 0.717) is 0 Å². The summed E-state index contributed by atoms with van der Waals surface area (Å²) < 4.78 is 52.6. The maximum absolute atomic E-state index is 13.5. The van der Waals surface area contributed by atoms with Gasteiger partial charge in [0.1, 0.15) is 0 Å². The number of alkyl halides is 2. The van der Waals surface area contributed by atoms with Gasteiger partial charge in [0.15, 0.2) is 11.6 Å². The predicted molar refractivity (Wildman–Crippen MR) is 64.3 cm³/mol. The number of hydrogen-bond donors (Lipinski definition) is 2. The predicted octanol–water partition coefficient (Wildman–Crippen LogP) is 2.14. The molecule has 1 aromatic rings. The lowest BCUT2D eigenvalue weighted by atomic mass is 10.1.